The maximum atomic E-state index is 12.9. The Morgan fingerprint density at radius 1 is 0.892 bits per heavy atom. The lowest BCUT2D eigenvalue weighted by Crippen LogP contribution is -2.49. The highest BCUT2D eigenvalue weighted by Crippen LogP contribution is 2.34. The van der Waals surface area contributed by atoms with E-state index >= 15 is 0 Å². The fraction of sp³-hybridized carbons (Fsp3) is 0.533. The molecule has 0 aliphatic heterocycles. The van der Waals surface area contributed by atoms with Gasteiger partial charge in [-0.3, -0.25) is 4.79 Å². The monoisotopic (exact) mass is 527 g/mol. The number of carbonyl (C=O) groups is 2. The first kappa shape index (κ1) is 30.6. The van der Waals surface area contributed by atoms with Crippen molar-refractivity contribution in [3.05, 3.63) is 71.8 Å². The van der Waals surface area contributed by atoms with E-state index in [2.05, 4.69) is 33.0 Å². The number of amides is 1. The number of rotatable bonds is 13. The Morgan fingerprint density at radius 3 is 1.86 bits per heavy atom. The van der Waals surface area contributed by atoms with Crippen LogP contribution >= 0.6 is 0 Å². The predicted octanol–water partition coefficient (Wildman–Crippen LogP) is 5.78. The van der Waals surface area contributed by atoms with Crippen molar-refractivity contribution < 1.29 is 23.9 Å². The maximum Gasteiger partial charge on any atom is 0.407 e. The van der Waals surface area contributed by atoms with E-state index in [1.54, 1.807) is 0 Å². The van der Waals surface area contributed by atoms with Crippen LogP contribution in [0.25, 0.3) is 0 Å². The van der Waals surface area contributed by atoms with Gasteiger partial charge in [0.2, 0.25) is 0 Å². The summed E-state index contributed by atoms with van der Waals surface area (Å²) in [6, 6.07) is 19.1. The molecule has 0 aliphatic rings. The number of carboxylic acids is 1. The standard InChI is InChI=1S/C30H45NO5Si/c1-21(2)30(6,7)37-36-26(20-24(27(32)33)18-22-14-10-8-11-15-22)25(19-23-16-12-9-13-17-23)31-28(34)35-29(3,4)5/h8-17,21,24-26H,18-20,37H2,1-7H3,(H,31,34)(H,32,33)/t24-,25+,26+/m1/s1. The summed E-state index contributed by atoms with van der Waals surface area (Å²) in [5.74, 6) is -1.09. The Kier molecular flexibility index (Phi) is 11.4. The summed E-state index contributed by atoms with van der Waals surface area (Å²) < 4.78 is 12.2. The topological polar surface area (TPSA) is 84.9 Å². The predicted molar refractivity (Wildman–Crippen MR) is 151 cm³/mol. The van der Waals surface area contributed by atoms with Gasteiger partial charge in [-0.05, 0) is 62.1 Å². The van der Waals surface area contributed by atoms with Gasteiger partial charge in [-0.15, -0.1) is 0 Å². The molecule has 6 nitrogen and oxygen atoms in total. The summed E-state index contributed by atoms with van der Waals surface area (Å²) >= 11 is 0. The summed E-state index contributed by atoms with van der Waals surface area (Å²) in [6.07, 6.45) is 0.205. The maximum absolute atomic E-state index is 12.9. The molecule has 0 saturated heterocycles. The number of carbonyl (C=O) groups excluding carboxylic acids is 1. The highest BCUT2D eigenvalue weighted by Gasteiger charge is 2.34. The van der Waals surface area contributed by atoms with E-state index in [-0.39, 0.29) is 5.04 Å². The lowest BCUT2D eigenvalue weighted by Gasteiger charge is -2.35. The number of ether oxygens (including phenoxy) is 1. The average Bonchev–Trinajstić information content (AvgIpc) is 2.80. The molecule has 37 heavy (non-hydrogen) atoms. The van der Waals surface area contributed by atoms with Crippen LogP contribution < -0.4 is 5.32 Å². The van der Waals surface area contributed by atoms with Crippen LogP contribution in [0.4, 0.5) is 4.79 Å². The van der Waals surface area contributed by atoms with E-state index in [0.717, 1.165) is 11.1 Å². The Morgan fingerprint density at radius 2 is 1.41 bits per heavy atom. The first-order valence-electron chi connectivity index (χ1n) is 13.2. The SMILES string of the molecule is CC(C)C(C)(C)[SiH2]O[C@@H](C[C@@H](Cc1ccccc1)C(=O)O)[C@H](Cc1ccccc1)NC(=O)OC(C)(C)C. The third-order valence-electron chi connectivity index (χ3n) is 6.87. The number of nitrogens with one attached hydrogen (secondary N) is 1. The second-order valence-corrected chi connectivity index (χ2v) is 14.3. The minimum atomic E-state index is -1.08. The molecule has 0 radical (unpaired) electrons. The highest BCUT2D eigenvalue weighted by atomic mass is 28.2. The van der Waals surface area contributed by atoms with Crippen molar-refractivity contribution >= 4 is 21.8 Å². The van der Waals surface area contributed by atoms with Crippen molar-refractivity contribution in [1.29, 1.82) is 0 Å². The number of alkyl carbamates (subject to hydrolysis) is 1. The number of hydrogen-bond acceptors (Lipinski definition) is 4. The zero-order chi connectivity index (χ0) is 27.6. The third kappa shape index (κ3) is 11.1. The molecule has 0 aromatic heterocycles. The Bertz CT molecular complexity index is 972. The van der Waals surface area contributed by atoms with Gasteiger partial charge < -0.3 is 19.6 Å². The summed E-state index contributed by atoms with van der Waals surface area (Å²) in [5.41, 5.74) is 1.35. The van der Waals surface area contributed by atoms with Crippen LogP contribution in [-0.2, 0) is 26.8 Å². The zero-order valence-electron chi connectivity index (χ0n) is 23.5. The molecule has 0 saturated carbocycles. The zero-order valence-corrected chi connectivity index (χ0v) is 24.9. The van der Waals surface area contributed by atoms with Gasteiger partial charge in [-0.1, -0.05) is 88.4 Å². The first-order valence-corrected chi connectivity index (χ1v) is 14.5. The van der Waals surface area contributed by atoms with Crippen molar-refractivity contribution in [3.8, 4) is 0 Å². The molecule has 2 aromatic rings. The lowest BCUT2D eigenvalue weighted by molar-refractivity contribution is -0.142. The molecular weight excluding hydrogens is 482 g/mol. The molecule has 0 unspecified atom stereocenters. The number of benzene rings is 2. The lowest BCUT2D eigenvalue weighted by atomic mass is 9.89. The fourth-order valence-corrected chi connectivity index (χ4v) is 5.24. The van der Waals surface area contributed by atoms with Crippen LogP contribution in [0.1, 0.15) is 66.0 Å². The molecule has 2 aromatic carbocycles. The van der Waals surface area contributed by atoms with Crippen molar-refractivity contribution in [2.75, 3.05) is 0 Å². The third-order valence-corrected chi connectivity index (χ3v) is 9.03. The normalized spacial score (nSPS) is 14.9. The van der Waals surface area contributed by atoms with E-state index in [1.807, 2.05) is 81.4 Å². The van der Waals surface area contributed by atoms with Crippen molar-refractivity contribution in [2.45, 2.75) is 90.5 Å². The Labute approximate surface area is 225 Å². The second kappa shape index (κ2) is 13.8. The van der Waals surface area contributed by atoms with E-state index in [4.69, 9.17) is 9.16 Å². The Balaban J connectivity index is 2.39. The van der Waals surface area contributed by atoms with E-state index in [1.165, 1.54) is 0 Å². The molecule has 0 heterocycles. The van der Waals surface area contributed by atoms with Crippen molar-refractivity contribution in [3.63, 3.8) is 0 Å². The van der Waals surface area contributed by atoms with Crippen LogP contribution in [0, 0.1) is 11.8 Å². The summed E-state index contributed by atoms with van der Waals surface area (Å²) in [4.78, 5) is 25.3. The van der Waals surface area contributed by atoms with Crippen LogP contribution in [-0.4, -0.2) is 44.7 Å². The largest absolute Gasteiger partial charge is 0.481 e. The van der Waals surface area contributed by atoms with Crippen molar-refractivity contribution in [2.24, 2.45) is 11.8 Å². The molecule has 1 amide bonds. The fourth-order valence-electron chi connectivity index (χ4n) is 3.89. The first-order chi connectivity index (χ1) is 17.3. The highest BCUT2D eigenvalue weighted by molar-refractivity contribution is 6.32. The van der Waals surface area contributed by atoms with Gasteiger partial charge in [-0.2, -0.15) is 0 Å². The van der Waals surface area contributed by atoms with Crippen LogP contribution in [0.15, 0.2) is 60.7 Å². The molecule has 3 atom stereocenters. The molecule has 0 bridgehead atoms. The number of hydrogen-bond donors (Lipinski definition) is 2. The molecule has 0 aliphatic carbocycles. The minimum Gasteiger partial charge on any atom is -0.481 e. The quantitative estimate of drug-likeness (QED) is 0.323. The van der Waals surface area contributed by atoms with Crippen molar-refractivity contribution in [1.82, 2.24) is 5.32 Å². The summed E-state index contributed by atoms with van der Waals surface area (Å²) in [7, 11) is -1.08. The van der Waals surface area contributed by atoms with Crippen LogP contribution in [0.5, 0.6) is 0 Å². The van der Waals surface area contributed by atoms with E-state index in [0.29, 0.717) is 25.2 Å². The summed E-state index contributed by atoms with van der Waals surface area (Å²) in [5, 5.41) is 13.2. The number of aliphatic carboxylic acids is 1. The molecule has 2 rings (SSSR count). The molecule has 7 heteroatoms. The van der Waals surface area contributed by atoms with Gasteiger partial charge in [0, 0.05) is 0 Å². The molecule has 0 fully saturated rings. The molecule has 204 valence electrons. The van der Waals surface area contributed by atoms with Gasteiger partial charge >= 0.3 is 12.1 Å². The van der Waals surface area contributed by atoms with Crippen LogP contribution in [0.2, 0.25) is 5.04 Å². The van der Waals surface area contributed by atoms with E-state index < -0.39 is 45.5 Å². The van der Waals surface area contributed by atoms with Crippen LogP contribution in [0.3, 0.4) is 0 Å². The van der Waals surface area contributed by atoms with Gasteiger partial charge in [0.1, 0.15) is 5.60 Å². The molecular formula is C30H45NO5Si. The minimum absolute atomic E-state index is 0.0135. The molecule has 0 spiro atoms. The van der Waals surface area contributed by atoms with Gasteiger partial charge in [-0.25, -0.2) is 4.79 Å². The average molecular weight is 528 g/mol. The van der Waals surface area contributed by atoms with Gasteiger partial charge in [0.25, 0.3) is 0 Å². The number of carboxylic acid groups (broad SMARTS) is 1. The van der Waals surface area contributed by atoms with E-state index in [9.17, 15) is 14.7 Å². The van der Waals surface area contributed by atoms with Gasteiger partial charge in [0.15, 0.2) is 9.76 Å². The molecule has 2 N–H and O–H groups in total. The Hall–Kier alpha value is -2.64. The summed E-state index contributed by atoms with van der Waals surface area (Å²) in [6.45, 7) is 14.2. The second-order valence-electron chi connectivity index (χ2n) is 11.9. The smallest absolute Gasteiger partial charge is 0.407 e. The van der Waals surface area contributed by atoms with Gasteiger partial charge in [0.05, 0.1) is 18.1 Å².